The third-order valence-electron chi connectivity index (χ3n) is 4.97. The predicted molar refractivity (Wildman–Crippen MR) is 104 cm³/mol. The Morgan fingerprint density at radius 1 is 1.37 bits per heavy atom. The summed E-state index contributed by atoms with van der Waals surface area (Å²) >= 11 is 0. The van der Waals surface area contributed by atoms with Crippen LogP contribution >= 0.6 is 0 Å². The van der Waals surface area contributed by atoms with Gasteiger partial charge >= 0.3 is 0 Å². The molecule has 3 atom stereocenters. The molecule has 0 amide bonds. The summed E-state index contributed by atoms with van der Waals surface area (Å²) in [4.78, 5) is 10.7. The average molecular weight is 399 g/mol. The topological polar surface area (TPSA) is 95.9 Å². The van der Waals surface area contributed by atoms with Crippen molar-refractivity contribution in [3.8, 4) is 0 Å². The monoisotopic (exact) mass is 398 g/mol. The second-order valence-corrected chi connectivity index (χ2v) is 9.38. The number of carbonyl (C=O) groups is 1. The van der Waals surface area contributed by atoms with Crippen molar-refractivity contribution in [1.29, 1.82) is 0 Å². The Kier molecular flexibility index (Phi) is 7.79. The molecule has 7 nitrogen and oxygen atoms in total. The number of nitrogens with zero attached hydrogens (tertiary/aromatic N) is 1. The van der Waals surface area contributed by atoms with Crippen molar-refractivity contribution >= 4 is 16.5 Å². The Morgan fingerprint density at radius 3 is 2.70 bits per heavy atom. The highest BCUT2D eigenvalue weighted by molar-refractivity contribution is 7.88. The van der Waals surface area contributed by atoms with E-state index in [0.29, 0.717) is 18.6 Å². The number of aryl methyl sites for hydroxylation is 1. The molecule has 8 heteroatoms. The molecule has 0 aliphatic carbocycles. The molecule has 3 rings (SSSR count). The van der Waals surface area contributed by atoms with Gasteiger partial charge in [0.15, 0.2) is 0 Å². The van der Waals surface area contributed by atoms with Gasteiger partial charge in [-0.1, -0.05) is 43.7 Å². The van der Waals surface area contributed by atoms with Crippen molar-refractivity contribution in [3.05, 3.63) is 35.4 Å². The van der Waals surface area contributed by atoms with Gasteiger partial charge in [-0.2, -0.15) is 0 Å². The first-order valence-electron chi connectivity index (χ1n) is 9.23. The Hall–Kier alpha value is -1.48. The SMILES string of the molecule is Cc1cccc(CS(=O)(=O)N[C@@H]2C[C@H]3CO[C@H](C(C)C)CN3C2)c1.O=CO. The Labute approximate surface area is 161 Å². The van der Waals surface area contributed by atoms with Crippen LogP contribution in [-0.4, -0.2) is 62.8 Å². The van der Waals surface area contributed by atoms with Gasteiger partial charge in [-0.25, -0.2) is 13.1 Å². The Bertz CT molecular complexity index is 723. The van der Waals surface area contributed by atoms with Crippen LogP contribution in [0.2, 0.25) is 0 Å². The van der Waals surface area contributed by atoms with Gasteiger partial charge in [0.1, 0.15) is 0 Å². The van der Waals surface area contributed by atoms with Crippen molar-refractivity contribution in [3.63, 3.8) is 0 Å². The summed E-state index contributed by atoms with van der Waals surface area (Å²) in [7, 11) is -3.33. The van der Waals surface area contributed by atoms with E-state index in [1.165, 1.54) is 0 Å². The number of benzene rings is 1. The van der Waals surface area contributed by atoms with Crippen molar-refractivity contribution in [2.24, 2.45) is 5.92 Å². The number of rotatable bonds is 5. The lowest BCUT2D eigenvalue weighted by Gasteiger charge is -2.36. The smallest absolute Gasteiger partial charge is 0.290 e. The summed E-state index contributed by atoms with van der Waals surface area (Å²) in [6.07, 6.45) is 1.08. The molecule has 2 saturated heterocycles. The fraction of sp³-hybridized carbons (Fsp3) is 0.632. The van der Waals surface area contributed by atoms with Crippen molar-refractivity contribution < 1.29 is 23.1 Å². The number of sulfonamides is 1. The number of hydrogen-bond acceptors (Lipinski definition) is 5. The molecular weight excluding hydrogens is 368 g/mol. The van der Waals surface area contributed by atoms with E-state index in [2.05, 4.69) is 23.5 Å². The molecule has 0 spiro atoms. The standard InChI is InChI=1S/C18H28N2O3S.CH2O2/c1-13(2)18-10-20-9-16(8-17(20)11-23-18)19-24(21,22)12-15-6-4-5-14(3)7-15;2-1-3/h4-7,13,16-19H,8-12H2,1-3H3;1H,(H,2,3)/t16-,17+,18+;/m1./s1. The summed E-state index contributed by atoms with van der Waals surface area (Å²) in [5.74, 6) is 0.532. The van der Waals surface area contributed by atoms with Crippen LogP contribution in [0.5, 0.6) is 0 Å². The summed E-state index contributed by atoms with van der Waals surface area (Å²) in [6.45, 7) is 8.46. The molecule has 2 heterocycles. The van der Waals surface area contributed by atoms with Crippen LogP contribution in [0, 0.1) is 12.8 Å². The number of hydrogen-bond donors (Lipinski definition) is 2. The third-order valence-corrected chi connectivity index (χ3v) is 6.38. The van der Waals surface area contributed by atoms with E-state index in [1.807, 2.05) is 31.2 Å². The molecule has 1 aromatic carbocycles. The minimum atomic E-state index is -3.33. The van der Waals surface area contributed by atoms with Crippen LogP contribution in [0.15, 0.2) is 24.3 Å². The maximum absolute atomic E-state index is 12.5. The average Bonchev–Trinajstić information content (AvgIpc) is 2.95. The van der Waals surface area contributed by atoms with Gasteiger partial charge in [0, 0.05) is 25.2 Å². The second-order valence-electron chi connectivity index (χ2n) is 7.63. The summed E-state index contributed by atoms with van der Waals surface area (Å²) < 4.78 is 33.8. The number of fused-ring (bicyclic) bond motifs is 1. The van der Waals surface area contributed by atoms with Gasteiger partial charge in [0.2, 0.25) is 10.0 Å². The molecule has 0 radical (unpaired) electrons. The number of carboxylic acid groups (broad SMARTS) is 1. The maximum Gasteiger partial charge on any atom is 0.290 e. The molecule has 27 heavy (non-hydrogen) atoms. The minimum absolute atomic E-state index is 0.0145. The minimum Gasteiger partial charge on any atom is -0.483 e. The maximum atomic E-state index is 12.5. The molecule has 0 bridgehead atoms. The summed E-state index contributed by atoms with van der Waals surface area (Å²) in [5.41, 5.74) is 1.92. The normalized spacial score (nSPS) is 25.6. The zero-order valence-electron chi connectivity index (χ0n) is 16.2. The number of ether oxygens (including phenoxy) is 1. The summed E-state index contributed by atoms with van der Waals surface area (Å²) in [5, 5.41) is 6.89. The fourth-order valence-electron chi connectivity index (χ4n) is 3.71. The van der Waals surface area contributed by atoms with Crippen LogP contribution in [0.4, 0.5) is 0 Å². The largest absolute Gasteiger partial charge is 0.483 e. The highest BCUT2D eigenvalue weighted by Crippen LogP contribution is 2.26. The van der Waals surface area contributed by atoms with Gasteiger partial charge in [-0.3, -0.25) is 9.69 Å². The highest BCUT2D eigenvalue weighted by Gasteiger charge is 2.39. The lowest BCUT2D eigenvalue weighted by molar-refractivity contribution is -0.122. The summed E-state index contributed by atoms with van der Waals surface area (Å²) in [6, 6.07) is 8.00. The molecule has 0 unspecified atom stereocenters. The van der Waals surface area contributed by atoms with E-state index in [0.717, 1.165) is 30.6 Å². The number of nitrogens with one attached hydrogen (secondary N) is 1. The molecule has 0 saturated carbocycles. The molecule has 2 fully saturated rings. The van der Waals surface area contributed by atoms with Gasteiger partial charge in [-0.05, 0) is 24.8 Å². The number of morpholine rings is 1. The van der Waals surface area contributed by atoms with E-state index in [9.17, 15) is 8.42 Å². The zero-order chi connectivity index (χ0) is 20.0. The quantitative estimate of drug-likeness (QED) is 0.732. The first-order valence-corrected chi connectivity index (χ1v) is 10.9. The van der Waals surface area contributed by atoms with E-state index in [4.69, 9.17) is 14.6 Å². The van der Waals surface area contributed by atoms with Gasteiger partial charge < -0.3 is 9.84 Å². The molecule has 1 aromatic rings. The van der Waals surface area contributed by atoms with Crippen LogP contribution in [0.1, 0.15) is 31.4 Å². The van der Waals surface area contributed by atoms with Crippen molar-refractivity contribution in [2.45, 2.75) is 51.1 Å². The van der Waals surface area contributed by atoms with Crippen LogP contribution in [-0.2, 0) is 25.3 Å². The molecule has 2 aliphatic rings. The third kappa shape index (κ3) is 6.57. The Balaban J connectivity index is 0.000000817. The van der Waals surface area contributed by atoms with E-state index in [1.54, 1.807) is 0 Å². The molecule has 152 valence electrons. The van der Waals surface area contributed by atoms with Crippen molar-refractivity contribution in [2.75, 3.05) is 19.7 Å². The fourth-order valence-corrected chi connectivity index (χ4v) is 5.09. The lowest BCUT2D eigenvalue weighted by Crippen LogP contribution is -2.48. The molecule has 0 aromatic heterocycles. The first kappa shape index (κ1) is 21.8. The molecule has 2 N–H and O–H groups in total. The lowest BCUT2D eigenvalue weighted by atomic mass is 10.0. The molecule has 2 aliphatic heterocycles. The zero-order valence-corrected chi connectivity index (χ0v) is 17.0. The van der Waals surface area contributed by atoms with Crippen molar-refractivity contribution in [1.82, 2.24) is 9.62 Å². The van der Waals surface area contributed by atoms with Gasteiger partial charge in [-0.15, -0.1) is 0 Å². The van der Waals surface area contributed by atoms with Crippen LogP contribution < -0.4 is 4.72 Å². The van der Waals surface area contributed by atoms with E-state index in [-0.39, 0.29) is 24.4 Å². The highest BCUT2D eigenvalue weighted by atomic mass is 32.2. The van der Waals surface area contributed by atoms with E-state index < -0.39 is 10.0 Å². The van der Waals surface area contributed by atoms with Crippen LogP contribution in [0.3, 0.4) is 0 Å². The predicted octanol–water partition coefficient (Wildman–Crippen LogP) is 1.61. The second kappa shape index (κ2) is 9.64. The molecular formula is C19H30N2O5S. The van der Waals surface area contributed by atoms with Gasteiger partial charge in [0.05, 0.1) is 18.5 Å². The Morgan fingerprint density at radius 2 is 2.07 bits per heavy atom. The van der Waals surface area contributed by atoms with Crippen LogP contribution in [0.25, 0.3) is 0 Å². The van der Waals surface area contributed by atoms with E-state index >= 15 is 0 Å². The van der Waals surface area contributed by atoms with Gasteiger partial charge in [0.25, 0.3) is 6.47 Å². The first-order chi connectivity index (χ1) is 12.7.